The Hall–Kier alpha value is -1.14. The van der Waals surface area contributed by atoms with Crippen LogP contribution in [0.1, 0.15) is 26.2 Å². The van der Waals surface area contributed by atoms with Crippen molar-refractivity contribution < 1.29 is 24.5 Å². The summed E-state index contributed by atoms with van der Waals surface area (Å²) in [6, 6.07) is -1.02. The fraction of sp³-hybridized carbons (Fsp3) is 0.818. The van der Waals surface area contributed by atoms with Crippen LogP contribution in [0.2, 0.25) is 0 Å². The van der Waals surface area contributed by atoms with Crippen molar-refractivity contribution >= 4 is 11.9 Å². The van der Waals surface area contributed by atoms with Gasteiger partial charge >= 0.3 is 5.97 Å². The molecule has 1 aliphatic rings. The first-order valence-corrected chi connectivity index (χ1v) is 5.85. The SMILES string of the molecule is CCC1OCCC1C(=O)N[C@H](CCO)C(=O)O. The van der Waals surface area contributed by atoms with Crippen molar-refractivity contribution in [3.05, 3.63) is 0 Å². The van der Waals surface area contributed by atoms with Gasteiger partial charge in [-0.15, -0.1) is 0 Å². The van der Waals surface area contributed by atoms with Gasteiger partial charge in [0, 0.05) is 19.6 Å². The molecule has 1 saturated heterocycles. The molecule has 0 bridgehead atoms. The molecule has 0 radical (unpaired) electrons. The van der Waals surface area contributed by atoms with Crippen LogP contribution < -0.4 is 5.32 Å². The van der Waals surface area contributed by atoms with Gasteiger partial charge in [0.05, 0.1) is 12.0 Å². The van der Waals surface area contributed by atoms with Gasteiger partial charge in [-0.2, -0.15) is 0 Å². The van der Waals surface area contributed by atoms with Crippen LogP contribution in [0.25, 0.3) is 0 Å². The number of carboxylic acids is 1. The number of rotatable bonds is 6. The lowest BCUT2D eigenvalue weighted by Gasteiger charge is -2.19. The van der Waals surface area contributed by atoms with E-state index >= 15 is 0 Å². The number of aliphatic hydroxyl groups is 1. The quantitative estimate of drug-likeness (QED) is 0.600. The molecule has 0 saturated carbocycles. The standard InChI is InChI=1S/C11H19NO5/c1-2-9-7(4-6-17-9)10(14)12-8(3-5-13)11(15)16/h7-9,13H,2-6H2,1H3,(H,12,14)(H,15,16)/t7?,8-,9?/m1/s1. The lowest BCUT2D eigenvalue weighted by molar-refractivity contribution is -0.143. The summed E-state index contributed by atoms with van der Waals surface area (Å²) in [5, 5.41) is 20.0. The number of carbonyl (C=O) groups is 2. The first kappa shape index (κ1) is 13.9. The summed E-state index contributed by atoms with van der Waals surface area (Å²) in [6.45, 7) is 2.20. The van der Waals surface area contributed by atoms with Crippen molar-refractivity contribution in [3.63, 3.8) is 0 Å². The van der Waals surface area contributed by atoms with Crippen molar-refractivity contribution in [2.45, 2.75) is 38.3 Å². The number of aliphatic carboxylic acids is 1. The Labute approximate surface area is 100.0 Å². The fourth-order valence-electron chi connectivity index (χ4n) is 2.02. The molecule has 17 heavy (non-hydrogen) atoms. The van der Waals surface area contributed by atoms with Crippen LogP contribution in [0, 0.1) is 5.92 Å². The van der Waals surface area contributed by atoms with Crippen LogP contribution >= 0.6 is 0 Å². The molecule has 0 spiro atoms. The second-order valence-corrected chi connectivity index (χ2v) is 4.12. The number of aliphatic hydroxyl groups excluding tert-OH is 1. The zero-order valence-corrected chi connectivity index (χ0v) is 9.89. The summed E-state index contributed by atoms with van der Waals surface area (Å²) in [4.78, 5) is 22.7. The topological polar surface area (TPSA) is 95.9 Å². The van der Waals surface area contributed by atoms with Gasteiger partial charge in [0.25, 0.3) is 0 Å². The second kappa shape index (κ2) is 6.56. The Morgan fingerprint density at radius 2 is 2.24 bits per heavy atom. The van der Waals surface area contributed by atoms with Gasteiger partial charge < -0.3 is 20.3 Å². The number of ether oxygens (including phenoxy) is 1. The predicted molar refractivity (Wildman–Crippen MR) is 59.4 cm³/mol. The average Bonchev–Trinajstić information content (AvgIpc) is 2.76. The highest BCUT2D eigenvalue weighted by atomic mass is 16.5. The third-order valence-electron chi connectivity index (χ3n) is 2.98. The molecule has 98 valence electrons. The Morgan fingerprint density at radius 1 is 1.53 bits per heavy atom. The second-order valence-electron chi connectivity index (χ2n) is 4.12. The maximum Gasteiger partial charge on any atom is 0.326 e. The molecule has 0 aromatic rings. The smallest absolute Gasteiger partial charge is 0.326 e. The molecule has 1 aliphatic heterocycles. The molecule has 0 aromatic carbocycles. The van der Waals surface area contributed by atoms with Gasteiger partial charge in [0.15, 0.2) is 0 Å². The molecule has 1 amide bonds. The van der Waals surface area contributed by atoms with E-state index in [4.69, 9.17) is 14.9 Å². The monoisotopic (exact) mass is 245 g/mol. The average molecular weight is 245 g/mol. The van der Waals surface area contributed by atoms with Crippen LogP contribution in [-0.4, -0.2) is 47.4 Å². The van der Waals surface area contributed by atoms with Gasteiger partial charge in [-0.05, 0) is 12.8 Å². The number of nitrogens with one attached hydrogen (secondary N) is 1. The molecule has 1 rings (SSSR count). The van der Waals surface area contributed by atoms with Crippen LogP contribution in [0.5, 0.6) is 0 Å². The van der Waals surface area contributed by atoms with E-state index in [0.717, 1.165) is 6.42 Å². The van der Waals surface area contributed by atoms with E-state index in [9.17, 15) is 9.59 Å². The van der Waals surface area contributed by atoms with E-state index in [-0.39, 0.29) is 31.0 Å². The van der Waals surface area contributed by atoms with E-state index < -0.39 is 12.0 Å². The number of amides is 1. The third-order valence-corrected chi connectivity index (χ3v) is 2.98. The van der Waals surface area contributed by atoms with Crippen LogP contribution in [0.3, 0.4) is 0 Å². The minimum Gasteiger partial charge on any atom is -0.480 e. The zero-order chi connectivity index (χ0) is 12.8. The van der Waals surface area contributed by atoms with Crippen LogP contribution in [0.4, 0.5) is 0 Å². The maximum absolute atomic E-state index is 11.9. The highest BCUT2D eigenvalue weighted by Gasteiger charge is 2.34. The summed E-state index contributed by atoms with van der Waals surface area (Å²) in [7, 11) is 0. The molecule has 3 atom stereocenters. The fourth-order valence-corrected chi connectivity index (χ4v) is 2.02. The minimum atomic E-state index is -1.13. The van der Waals surface area contributed by atoms with Crippen molar-refractivity contribution in [2.24, 2.45) is 5.92 Å². The normalized spacial score (nSPS) is 25.5. The van der Waals surface area contributed by atoms with Crippen LogP contribution in [-0.2, 0) is 14.3 Å². The Balaban J connectivity index is 2.54. The van der Waals surface area contributed by atoms with E-state index in [1.165, 1.54) is 0 Å². The van der Waals surface area contributed by atoms with Crippen LogP contribution in [0.15, 0.2) is 0 Å². The molecular weight excluding hydrogens is 226 g/mol. The molecule has 1 heterocycles. The van der Waals surface area contributed by atoms with E-state index in [1.54, 1.807) is 0 Å². The Morgan fingerprint density at radius 3 is 2.76 bits per heavy atom. The van der Waals surface area contributed by atoms with Gasteiger partial charge in [-0.3, -0.25) is 4.79 Å². The molecule has 0 aliphatic carbocycles. The van der Waals surface area contributed by atoms with Gasteiger partial charge in [-0.25, -0.2) is 4.79 Å². The minimum absolute atomic E-state index is 0.0193. The van der Waals surface area contributed by atoms with E-state index in [0.29, 0.717) is 13.0 Å². The highest BCUT2D eigenvalue weighted by molar-refractivity contribution is 5.85. The molecule has 2 unspecified atom stereocenters. The number of carbonyl (C=O) groups excluding carboxylic acids is 1. The first-order chi connectivity index (χ1) is 8.10. The van der Waals surface area contributed by atoms with Crippen molar-refractivity contribution in [2.75, 3.05) is 13.2 Å². The van der Waals surface area contributed by atoms with Gasteiger partial charge in [0.2, 0.25) is 5.91 Å². The Kier molecular flexibility index (Phi) is 5.37. The maximum atomic E-state index is 11.9. The van der Waals surface area contributed by atoms with Crippen molar-refractivity contribution in [1.82, 2.24) is 5.32 Å². The lowest BCUT2D eigenvalue weighted by Crippen LogP contribution is -2.45. The summed E-state index contributed by atoms with van der Waals surface area (Å²) in [5.74, 6) is -1.70. The molecule has 6 nitrogen and oxygen atoms in total. The Bertz CT molecular complexity index is 281. The summed E-state index contributed by atoms with van der Waals surface area (Å²) in [5.41, 5.74) is 0. The molecule has 0 aromatic heterocycles. The summed E-state index contributed by atoms with van der Waals surface area (Å²) in [6.07, 6.45) is 1.25. The highest BCUT2D eigenvalue weighted by Crippen LogP contribution is 2.23. The molecule has 3 N–H and O–H groups in total. The molecular formula is C11H19NO5. The molecule has 1 fully saturated rings. The summed E-state index contributed by atoms with van der Waals surface area (Å²) < 4.78 is 5.38. The van der Waals surface area contributed by atoms with Gasteiger partial charge in [-0.1, -0.05) is 6.92 Å². The van der Waals surface area contributed by atoms with E-state index in [2.05, 4.69) is 5.32 Å². The zero-order valence-electron chi connectivity index (χ0n) is 9.89. The summed E-state index contributed by atoms with van der Waals surface area (Å²) >= 11 is 0. The lowest BCUT2D eigenvalue weighted by atomic mass is 9.98. The van der Waals surface area contributed by atoms with Crippen molar-refractivity contribution in [3.8, 4) is 0 Å². The number of hydrogen-bond donors (Lipinski definition) is 3. The number of hydrogen-bond acceptors (Lipinski definition) is 4. The molecule has 6 heteroatoms. The van der Waals surface area contributed by atoms with E-state index in [1.807, 2.05) is 6.92 Å². The third kappa shape index (κ3) is 3.67. The number of carboxylic acid groups (broad SMARTS) is 1. The largest absolute Gasteiger partial charge is 0.480 e. The van der Waals surface area contributed by atoms with Gasteiger partial charge in [0.1, 0.15) is 6.04 Å². The predicted octanol–water partition coefficient (Wildman–Crippen LogP) is -0.247. The first-order valence-electron chi connectivity index (χ1n) is 5.85. The van der Waals surface area contributed by atoms with Crippen molar-refractivity contribution in [1.29, 1.82) is 0 Å².